The van der Waals surface area contributed by atoms with Crippen LogP contribution in [0.25, 0.3) is 0 Å². The second-order valence-electron chi connectivity index (χ2n) is 5.10. The summed E-state index contributed by atoms with van der Waals surface area (Å²) in [6, 6.07) is 7.81. The maximum Gasteiger partial charge on any atom is 0.185 e. The molecular formula is C19H22O. The van der Waals surface area contributed by atoms with Crippen LogP contribution in [-0.2, 0) is 6.42 Å². The third-order valence-electron chi connectivity index (χ3n) is 2.86. The smallest absolute Gasteiger partial charge is 0.185 e. The number of benzene rings is 1. The number of hydrogen-bond acceptors (Lipinski definition) is 1. The second-order valence-corrected chi connectivity index (χ2v) is 5.10. The number of hydrogen-bond donors (Lipinski definition) is 0. The highest BCUT2D eigenvalue weighted by Crippen LogP contribution is 2.11. The van der Waals surface area contributed by atoms with Gasteiger partial charge in [-0.2, -0.15) is 0 Å². The molecule has 0 N–H and O–H groups in total. The molecule has 0 radical (unpaired) electrons. The van der Waals surface area contributed by atoms with E-state index in [1.165, 1.54) is 5.56 Å². The van der Waals surface area contributed by atoms with Gasteiger partial charge in [-0.1, -0.05) is 75.6 Å². The van der Waals surface area contributed by atoms with Crippen LogP contribution in [0.3, 0.4) is 0 Å². The van der Waals surface area contributed by atoms with E-state index in [0.717, 1.165) is 12.0 Å². The van der Waals surface area contributed by atoms with Crippen LogP contribution in [0.15, 0.2) is 73.4 Å². The summed E-state index contributed by atoms with van der Waals surface area (Å²) in [7, 11) is 0. The molecule has 0 saturated carbocycles. The normalized spacial score (nSPS) is 11.8. The van der Waals surface area contributed by atoms with Crippen LogP contribution in [0.2, 0.25) is 0 Å². The van der Waals surface area contributed by atoms with Gasteiger partial charge in [-0.25, -0.2) is 0 Å². The largest absolute Gasteiger partial charge is 0.289 e. The Morgan fingerprint density at radius 3 is 2.30 bits per heavy atom. The van der Waals surface area contributed by atoms with E-state index >= 15 is 0 Å². The van der Waals surface area contributed by atoms with E-state index in [-0.39, 0.29) is 5.78 Å². The first-order chi connectivity index (χ1) is 9.56. The van der Waals surface area contributed by atoms with Crippen LogP contribution in [0, 0.1) is 5.92 Å². The minimum Gasteiger partial charge on any atom is -0.289 e. The van der Waals surface area contributed by atoms with Gasteiger partial charge >= 0.3 is 0 Å². The first kappa shape index (κ1) is 15.9. The van der Waals surface area contributed by atoms with Gasteiger partial charge in [0, 0.05) is 5.56 Å². The Bertz CT molecular complexity index is 527. The molecule has 1 aromatic rings. The van der Waals surface area contributed by atoms with Gasteiger partial charge in [-0.15, -0.1) is 0 Å². The average Bonchev–Trinajstić information content (AvgIpc) is 2.43. The summed E-state index contributed by atoms with van der Waals surface area (Å²) in [6.07, 6.45) is 9.52. The third-order valence-corrected chi connectivity index (χ3v) is 2.86. The van der Waals surface area contributed by atoms with Gasteiger partial charge in [-0.05, 0) is 29.6 Å². The summed E-state index contributed by atoms with van der Waals surface area (Å²) in [5, 5.41) is 0. The molecule has 1 aromatic carbocycles. The number of ketones is 1. The van der Waals surface area contributed by atoms with Crippen LogP contribution in [0.5, 0.6) is 0 Å². The molecule has 0 atom stereocenters. The molecule has 1 heteroatoms. The summed E-state index contributed by atoms with van der Waals surface area (Å²) in [5.74, 6) is 0.619. The maximum atomic E-state index is 12.0. The Hall–Kier alpha value is -2.15. The predicted octanol–water partition coefficient (Wildman–Crippen LogP) is 4.92. The summed E-state index contributed by atoms with van der Waals surface area (Å²) < 4.78 is 0. The summed E-state index contributed by atoms with van der Waals surface area (Å²) in [5.41, 5.74) is 2.83. The molecule has 0 amide bonds. The Morgan fingerprint density at radius 1 is 1.15 bits per heavy atom. The Morgan fingerprint density at radius 2 is 1.80 bits per heavy atom. The van der Waals surface area contributed by atoms with Crippen LogP contribution in [0.4, 0.5) is 0 Å². The molecule has 0 spiro atoms. The molecule has 0 heterocycles. The van der Waals surface area contributed by atoms with Crippen LogP contribution < -0.4 is 0 Å². The second kappa shape index (κ2) is 8.11. The molecule has 20 heavy (non-hydrogen) atoms. The van der Waals surface area contributed by atoms with E-state index in [2.05, 4.69) is 27.0 Å². The Kier molecular flexibility index (Phi) is 6.45. The molecule has 1 nitrogen and oxygen atoms in total. The van der Waals surface area contributed by atoms with Crippen molar-refractivity contribution in [2.45, 2.75) is 20.3 Å². The van der Waals surface area contributed by atoms with Crippen molar-refractivity contribution < 1.29 is 4.79 Å². The maximum absolute atomic E-state index is 12.0. The van der Waals surface area contributed by atoms with Crippen molar-refractivity contribution in [1.82, 2.24) is 0 Å². The van der Waals surface area contributed by atoms with Gasteiger partial charge in [0.1, 0.15) is 0 Å². The monoisotopic (exact) mass is 266 g/mol. The standard InChI is InChI=1S/C19H22O/c1-5-7-16(6-2)10-13-19(20)18-11-8-17(9-12-18)14-15(3)4/h5-13,15H,1-2,14H2,3-4H3/b13-10+,16-7+. The Balaban J connectivity index is 2.77. The van der Waals surface area contributed by atoms with Crippen molar-refractivity contribution in [2.75, 3.05) is 0 Å². The van der Waals surface area contributed by atoms with Crippen molar-refractivity contribution in [1.29, 1.82) is 0 Å². The van der Waals surface area contributed by atoms with Gasteiger partial charge in [0.05, 0.1) is 0 Å². The molecule has 1 rings (SSSR count). The average molecular weight is 266 g/mol. The van der Waals surface area contributed by atoms with Crippen molar-refractivity contribution >= 4 is 5.78 Å². The number of carbonyl (C=O) groups is 1. The number of rotatable bonds is 7. The van der Waals surface area contributed by atoms with Gasteiger partial charge in [0.25, 0.3) is 0 Å². The lowest BCUT2D eigenvalue weighted by Gasteiger charge is -2.05. The summed E-state index contributed by atoms with van der Waals surface area (Å²) in [4.78, 5) is 12.0. The molecule has 104 valence electrons. The third kappa shape index (κ3) is 5.23. The van der Waals surface area contributed by atoms with E-state index < -0.39 is 0 Å². The lowest BCUT2D eigenvalue weighted by Crippen LogP contribution is -1.97. The molecule has 0 fully saturated rings. The molecule has 0 aliphatic rings. The molecule has 0 unspecified atom stereocenters. The van der Waals surface area contributed by atoms with E-state index in [4.69, 9.17) is 0 Å². The molecular weight excluding hydrogens is 244 g/mol. The predicted molar refractivity (Wildman–Crippen MR) is 86.9 cm³/mol. The quantitative estimate of drug-likeness (QED) is 0.389. The zero-order chi connectivity index (χ0) is 15.0. The molecule has 0 bridgehead atoms. The van der Waals surface area contributed by atoms with Gasteiger partial charge in [-0.3, -0.25) is 4.79 Å². The van der Waals surface area contributed by atoms with Crippen molar-refractivity contribution in [3.63, 3.8) is 0 Å². The van der Waals surface area contributed by atoms with Crippen LogP contribution >= 0.6 is 0 Å². The topological polar surface area (TPSA) is 17.1 Å². The molecule has 0 aromatic heterocycles. The summed E-state index contributed by atoms with van der Waals surface area (Å²) in [6.45, 7) is 11.7. The first-order valence-corrected chi connectivity index (χ1v) is 6.83. The first-order valence-electron chi connectivity index (χ1n) is 6.83. The fraction of sp³-hybridized carbons (Fsp3) is 0.211. The fourth-order valence-electron chi connectivity index (χ4n) is 1.87. The molecule has 0 aliphatic heterocycles. The summed E-state index contributed by atoms with van der Waals surface area (Å²) >= 11 is 0. The van der Waals surface area contributed by atoms with Crippen molar-refractivity contribution in [2.24, 2.45) is 5.92 Å². The number of carbonyl (C=O) groups excluding carboxylic acids is 1. The van der Waals surface area contributed by atoms with Gasteiger partial charge < -0.3 is 0 Å². The van der Waals surface area contributed by atoms with Crippen LogP contribution in [-0.4, -0.2) is 5.78 Å². The van der Waals surface area contributed by atoms with E-state index in [1.807, 2.05) is 30.3 Å². The fourth-order valence-corrected chi connectivity index (χ4v) is 1.87. The van der Waals surface area contributed by atoms with Gasteiger partial charge in [0.2, 0.25) is 0 Å². The van der Waals surface area contributed by atoms with E-state index in [1.54, 1.807) is 24.3 Å². The zero-order valence-corrected chi connectivity index (χ0v) is 12.3. The zero-order valence-electron chi connectivity index (χ0n) is 12.3. The highest BCUT2D eigenvalue weighted by Gasteiger charge is 2.03. The minimum absolute atomic E-state index is 0.00194. The van der Waals surface area contributed by atoms with E-state index in [0.29, 0.717) is 11.5 Å². The molecule has 0 saturated heterocycles. The lowest BCUT2D eigenvalue weighted by atomic mass is 10.0. The Labute approximate surface area is 122 Å². The molecule has 0 aliphatic carbocycles. The highest BCUT2D eigenvalue weighted by molar-refractivity contribution is 6.04. The van der Waals surface area contributed by atoms with Crippen LogP contribution in [0.1, 0.15) is 29.8 Å². The highest BCUT2D eigenvalue weighted by atomic mass is 16.1. The van der Waals surface area contributed by atoms with Gasteiger partial charge in [0.15, 0.2) is 5.78 Å². The van der Waals surface area contributed by atoms with E-state index in [9.17, 15) is 4.79 Å². The lowest BCUT2D eigenvalue weighted by molar-refractivity contribution is 0.104. The number of allylic oxidation sites excluding steroid dienone is 6. The van der Waals surface area contributed by atoms with Crippen molar-refractivity contribution in [3.8, 4) is 0 Å². The SMILES string of the molecule is C=C/C=C(C=C)/C=C/C(=O)c1ccc(CC(C)C)cc1. The van der Waals surface area contributed by atoms with Crippen molar-refractivity contribution in [3.05, 3.63) is 84.5 Å². The minimum atomic E-state index is -0.00194.